The van der Waals surface area contributed by atoms with E-state index < -0.39 is 0 Å². The van der Waals surface area contributed by atoms with Crippen LogP contribution in [0.4, 0.5) is 5.82 Å². The van der Waals surface area contributed by atoms with E-state index >= 15 is 0 Å². The van der Waals surface area contributed by atoms with Crippen molar-refractivity contribution < 1.29 is 4.74 Å². The summed E-state index contributed by atoms with van der Waals surface area (Å²) in [6.45, 7) is 1.63. The number of methoxy groups -OCH3 is 1. The Hall–Kier alpha value is -1.98. The van der Waals surface area contributed by atoms with Gasteiger partial charge >= 0.3 is 0 Å². The highest BCUT2D eigenvalue weighted by atomic mass is 32.1. The third-order valence-electron chi connectivity index (χ3n) is 4.88. The molecule has 136 valence electrons. The van der Waals surface area contributed by atoms with E-state index in [1.54, 1.807) is 7.11 Å². The summed E-state index contributed by atoms with van der Waals surface area (Å²) in [4.78, 5) is 12.5. The number of nitrogens with one attached hydrogen (secondary N) is 1. The molecule has 0 saturated carbocycles. The van der Waals surface area contributed by atoms with Crippen LogP contribution in [-0.2, 0) is 24.0 Å². The highest BCUT2D eigenvalue weighted by Crippen LogP contribution is 2.38. The molecular formula is C21H25N3OS. The van der Waals surface area contributed by atoms with Crippen molar-refractivity contribution in [2.75, 3.05) is 25.6 Å². The summed E-state index contributed by atoms with van der Waals surface area (Å²) in [5, 5.41) is 4.82. The van der Waals surface area contributed by atoms with Gasteiger partial charge in [0, 0.05) is 31.6 Å². The highest BCUT2D eigenvalue weighted by molar-refractivity contribution is 7.19. The minimum Gasteiger partial charge on any atom is -0.385 e. The molecule has 2 heterocycles. The number of aromatic nitrogens is 2. The second-order valence-corrected chi connectivity index (χ2v) is 7.90. The maximum Gasteiger partial charge on any atom is 0.138 e. The number of anilines is 1. The molecule has 0 unspecified atom stereocenters. The fourth-order valence-corrected chi connectivity index (χ4v) is 4.89. The topological polar surface area (TPSA) is 47.0 Å². The second-order valence-electron chi connectivity index (χ2n) is 6.81. The summed E-state index contributed by atoms with van der Waals surface area (Å²) in [5.74, 6) is 1.91. The Balaban J connectivity index is 1.69. The van der Waals surface area contributed by atoms with Crippen LogP contribution in [0.3, 0.4) is 0 Å². The zero-order valence-electron chi connectivity index (χ0n) is 15.3. The van der Waals surface area contributed by atoms with Gasteiger partial charge < -0.3 is 10.1 Å². The molecule has 5 heteroatoms. The van der Waals surface area contributed by atoms with Gasteiger partial charge in [-0.2, -0.15) is 0 Å². The van der Waals surface area contributed by atoms with E-state index in [0.717, 1.165) is 48.9 Å². The molecule has 0 spiro atoms. The zero-order chi connectivity index (χ0) is 17.8. The minimum absolute atomic E-state index is 0.764. The van der Waals surface area contributed by atoms with Gasteiger partial charge in [0.05, 0.1) is 5.39 Å². The first-order valence-electron chi connectivity index (χ1n) is 9.43. The van der Waals surface area contributed by atoms with Gasteiger partial charge in [-0.15, -0.1) is 11.3 Å². The fraction of sp³-hybridized carbons (Fsp3) is 0.429. The lowest BCUT2D eigenvalue weighted by Crippen LogP contribution is -2.09. The fourth-order valence-electron chi connectivity index (χ4n) is 3.61. The molecule has 26 heavy (non-hydrogen) atoms. The van der Waals surface area contributed by atoms with Gasteiger partial charge in [0.25, 0.3) is 0 Å². The van der Waals surface area contributed by atoms with Crippen molar-refractivity contribution in [3.8, 4) is 0 Å². The predicted octanol–water partition coefficient (Wildman–Crippen LogP) is 4.61. The molecule has 1 aliphatic carbocycles. The van der Waals surface area contributed by atoms with Crippen molar-refractivity contribution in [2.45, 2.75) is 38.5 Å². The van der Waals surface area contributed by atoms with E-state index in [-0.39, 0.29) is 0 Å². The average Bonchev–Trinajstić information content (AvgIpc) is 3.04. The lowest BCUT2D eigenvalue weighted by molar-refractivity contribution is 0.198. The first-order chi connectivity index (χ1) is 12.8. The predicted molar refractivity (Wildman–Crippen MR) is 108 cm³/mol. The molecule has 4 rings (SSSR count). The Morgan fingerprint density at radius 2 is 1.96 bits per heavy atom. The molecule has 0 amide bonds. The Kier molecular flexibility index (Phi) is 5.46. The third kappa shape index (κ3) is 3.74. The number of fused-ring (bicyclic) bond motifs is 3. The summed E-state index contributed by atoms with van der Waals surface area (Å²) in [5.41, 5.74) is 2.73. The molecule has 1 N–H and O–H groups in total. The van der Waals surface area contributed by atoms with Crippen molar-refractivity contribution in [1.29, 1.82) is 0 Å². The van der Waals surface area contributed by atoms with Crippen LogP contribution >= 0.6 is 11.3 Å². The normalized spacial score (nSPS) is 13.7. The van der Waals surface area contributed by atoms with Crippen LogP contribution in [0.15, 0.2) is 30.3 Å². The van der Waals surface area contributed by atoms with Crippen molar-refractivity contribution >= 4 is 27.4 Å². The monoisotopic (exact) mass is 367 g/mol. The summed E-state index contributed by atoms with van der Waals surface area (Å²) < 4.78 is 5.17. The van der Waals surface area contributed by atoms with Gasteiger partial charge in [0.2, 0.25) is 0 Å². The first-order valence-corrected chi connectivity index (χ1v) is 10.2. The molecule has 1 aliphatic rings. The maximum atomic E-state index is 5.17. The van der Waals surface area contributed by atoms with Crippen LogP contribution in [0.2, 0.25) is 0 Å². The van der Waals surface area contributed by atoms with Crippen LogP contribution in [-0.4, -0.2) is 30.2 Å². The van der Waals surface area contributed by atoms with E-state index in [2.05, 4.69) is 29.6 Å². The summed E-state index contributed by atoms with van der Waals surface area (Å²) in [6.07, 6.45) is 6.65. The second kappa shape index (κ2) is 8.14. The maximum absolute atomic E-state index is 5.17. The van der Waals surface area contributed by atoms with Crippen molar-refractivity contribution in [2.24, 2.45) is 0 Å². The van der Waals surface area contributed by atoms with Crippen molar-refractivity contribution in [1.82, 2.24) is 9.97 Å². The number of hydrogen-bond acceptors (Lipinski definition) is 5. The van der Waals surface area contributed by atoms with E-state index in [1.165, 1.54) is 40.7 Å². The molecule has 3 aromatic rings. The summed E-state index contributed by atoms with van der Waals surface area (Å²) >= 11 is 1.87. The average molecular weight is 368 g/mol. The highest BCUT2D eigenvalue weighted by Gasteiger charge is 2.21. The molecule has 0 radical (unpaired) electrons. The molecule has 0 fully saturated rings. The third-order valence-corrected chi connectivity index (χ3v) is 6.07. The lowest BCUT2D eigenvalue weighted by Gasteiger charge is -2.13. The van der Waals surface area contributed by atoms with Crippen LogP contribution in [0.25, 0.3) is 10.2 Å². The van der Waals surface area contributed by atoms with Gasteiger partial charge in [-0.05, 0) is 43.2 Å². The standard InChI is InChI=1S/C21H25N3OS/c1-25-13-7-12-22-20-19-16-10-5-6-11-17(16)26-21(19)24-18(23-20)14-15-8-3-2-4-9-15/h2-4,8-9H,5-7,10-14H2,1H3,(H,22,23,24). The number of hydrogen-bond donors (Lipinski definition) is 1. The van der Waals surface area contributed by atoms with E-state index in [0.29, 0.717) is 0 Å². The van der Waals surface area contributed by atoms with Gasteiger partial charge in [-0.25, -0.2) is 9.97 Å². The van der Waals surface area contributed by atoms with Crippen LogP contribution in [0.1, 0.15) is 41.1 Å². The molecule has 0 saturated heterocycles. The van der Waals surface area contributed by atoms with Crippen LogP contribution in [0, 0.1) is 0 Å². The molecule has 0 atom stereocenters. The first kappa shape index (κ1) is 17.4. The molecule has 0 aliphatic heterocycles. The lowest BCUT2D eigenvalue weighted by atomic mass is 9.97. The molecule has 4 nitrogen and oxygen atoms in total. The molecule has 1 aromatic carbocycles. The smallest absolute Gasteiger partial charge is 0.138 e. The quantitative estimate of drug-likeness (QED) is 0.620. The van der Waals surface area contributed by atoms with Crippen molar-refractivity contribution in [3.63, 3.8) is 0 Å². The largest absolute Gasteiger partial charge is 0.385 e. The van der Waals surface area contributed by atoms with Crippen LogP contribution < -0.4 is 5.32 Å². The number of aryl methyl sites for hydroxylation is 2. The Morgan fingerprint density at radius 1 is 1.12 bits per heavy atom. The number of benzene rings is 1. The van der Waals surface area contributed by atoms with Crippen molar-refractivity contribution in [3.05, 3.63) is 52.2 Å². The van der Waals surface area contributed by atoms with Crippen LogP contribution in [0.5, 0.6) is 0 Å². The Labute approximate surface area is 158 Å². The zero-order valence-corrected chi connectivity index (χ0v) is 16.1. The van der Waals surface area contributed by atoms with Gasteiger partial charge in [0.15, 0.2) is 0 Å². The van der Waals surface area contributed by atoms with Gasteiger partial charge in [-0.3, -0.25) is 0 Å². The van der Waals surface area contributed by atoms with Gasteiger partial charge in [0.1, 0.15) is 16.5 Å². The number of thiophene rings is 1. The minimum atomic E-state index is 0.764. The number of rotatable bonds is 7. The van der Waals surface area contributed by atoms with E-state index in [9.17, 15) is 0 Å². The summed E-state index contributed by atoms with van der Waals surface area (Å²) in [7, 11) is 1.75. The Morgan fingerprint density at radius 3 is 2.81 bits per heavy atom. The van der Waals surface area contributed by atoms with Gasteiger partial charge in [-0.1, -0.05) is 30.3 Å². The van der Waals surface area contributed by atoms with E-state index in [4.69, 9.17) is 14.7 Å². The molecular weight excluding hydrogens is 342 g/mol. The van der Waals surface area contributed by atoms with E-state index in [1.807, 2.05) is 17.4 Å². The Bertz CT molecular complexity index is 876. The SMILES string of the molecule is COCCCNc1nc(Cc2ccccc2)nc2sc3c(c12)CCCC3. The molecule has 0 bridgehead atoms. The number of nitrogens with zero attached hydrogens (tertiary/aromatic N) is 2. The molecule has 2 aromatic heterocycles. The summed E-state index contributed by atoms with van der Waals surface area (Å²) in [6, 6.07) is 10.5. The number of ether oxygens (including phenoxy) is 1.